The number of amidine groups is 1. The minimum Gasteiger partial charge on any atom is -0.491 e. The van der Waals surface area contributed by atoms with E-state index in [2.05, 4.69) is 15.6 Å². The van der Waals surface area contributed by atoms with E-state index < -0.39 is 0 Å². The molecule has 0 unspecified atom stereocenters. The Kier molecular flexibility index (Phi) is 4.93. The number of anilines is 2. The van der Waals surface area contributed by atoms with Gasteiger partial charge in [-0.1, -0.05) is 42.5 Å². The molecular weight excluding hydrogens is 352 g/mol. The Morgan fingerprint density at radius 2 is 1.79 bits per heavy atom. The lowest BCUT2D eigenvalue weighted by atomic mass is 10.1. The van der Waals surface area contributed by atoms with Crippen LogP contribution in [-0.2, 0) is 6.42 Å². The van der Waals surface area contributed by atoms with Gasteiger partial charge < -0.3 is 21.1 Å². The van der Waals surface area contributed by atoms with Gasteiger partial charge in [0.15, 0.2) is 0 Å². The summed E-state index contributed by atoms with van der Waals surface area (Å²) in [6.45, 7) is 0.637. The number of fused-ring (bicyclic) bond motifs is 1. The SMILES string of the molecule is NC(=Nc1ccccc1)c1cccc(NC(=O)Nc2cccc3c2OCC3)c1. The molecule has 28 heavy (non-hydrogen) atoms. The molecule has 0 spiro atoms. The van der Waals surface area contributed by atoms with E-state index in [0.717, 1.165) is 29.0 Å². The highest BCUT2D eigenvalue weighted by molar-refractivity contribution is 6.03. The summed E-state index contributed by atoms with van der Waals surface area (Å²) in [4.78, 5) is 16.8. The van der Waals surface area contributed by atoms with Crippen molar-refractivity contribution in [2.45, 2.75) is 6.42 Å². The van der Waals surface area contributed by atoms with E-state index in [4.69, 9.17) is 10.5 Å². The van der Waals surface area contributed by atoms with Crippen LogP contribution in [0.4, 0.5) is 21.9 Å². The van der Waals surface area contributed by atoms with Crippen LogP contribution in [0.1, 0.15) is 11.1 Å². The third kappa shape index (κ3) is 3.96. The van der Waals surface area contributed by atoms with E-state index in [1.807, 2.05) is 60.7 Å². The number of rotatable bonds is 4. The largest absolute Gasteiger partial charge is 0.491 e. The van der Waals surface area contributed by atoms with Crippen molar-refractivity contribution in [2.24, 2.45) is 10.7 Å². The number of nitrogens with zero attached hydrogens (tertiary/aromatic N) is 1. The van der Waals surface area contributed by atoms with Crippen molar-refractivity contribution in [3.05, 3.63) is 83.9 Å². The van der Waals surface area contributed by atoms with Crippen molar-refractivity contribution in [3.8, 4) is 5.75 Å². The molecule has 1 heterocycles. The van der Waals surface area contributed by atoms with Crippen molar-refractivity contribution >= 4 is 28.9 Å². The topological polar surface area (TPSA) is 88.7 Å². The van der Waals surface area contributed by atoms with Crippen molar-refractivity contribution in [1.29, 1.82) is 0 Å². The molecule has 6 heteroatoms. The number of hydrogen-bond donors (Lipinski definition) is 3. The number of carbonyl (C=O) groups excluding carboxylic acids is 1. The van der Waals surface area contributed by atoms with Gasteiger partial charge in [-0.2, -0.15) is 0 Å². The second-order valence-corrected chi connectivity index (χ2v) is 6.38. The van der Waals surface area contributed by atoms with Gasteiger partial charge in [-0.15, -0.1) is 0 Å². The Hall–Kier alpha value is -3.80. The van der Waals surface area contributed by atoms with Gasteiger partial charge in [-0.3, -0.25) is 0 Å². The van der Waals surface area contributed by atoms with Gasteiger partial charge in [-0.05, 0) is 35.9 Å². The van der Waals surface area contributed by atoms with E-state index >= 15 is 0 Å². The zero-order valence-electron chi connectivity index (χ0n) is 15.2. The lowest BCUT2D eigenvalue weighted by Gasteiger charge is -2.11. The fraction of sp³-hybridized carbons (Fsp3) is 0.0909. The van der Waals surface area contributed by atoms with Crippen LogP contribution < -0.4 is 21.1 Å². The molecule has 1 aliphatic heterocycles. The first kappa shape index (κ1) is 17.6. The fourth-order valence-corrected chi connectivity index (χ4v) is 3.06. The van der Waals surface area contributed by atoms with Gasteiger partial charge in [0.05, 0.1) is 18.0 Å². The highest BCUT2D eigenvalue weighted by Gasteiger charge is 2.17. The minimum atomic E-state index is -0.348. The third-order valence-corrected chi connectivity index (χ3v) is 4.38. The molecule has 0 saturated heterocycles. The van der Waals surface area contributed by atoms with E-state index in [9.17, 15) is 4.79 Å². The third-order valence-electron chi connectivity index (χ3n) is 4.38. The molecule has 1 aliphatic rings. The number of para-hydroxylation sites is 2. The molecular formula is C22H20N4O2. The molecule has 140 valence electrons. The molecule has 0 aromatic heterocycles. The zero-order chi connectivity index (χ0) is 19.3. The smallest absolute Gasteiger partial charge is 0.323 e. The van der Waals surface area contributed by atoms with Crippen molar-refractivity contribution in [2.75, 3.05) is 17.2 Å². The number of carbonyl (C=O) groups is 1. The van der Waals surface area contributed by atoms with Crippen LogP contribution in [0.15, 0.2) is 77.8 Å². The van der Waals surface area contributed by atoms with Crippen LogP contribution in [0.2, 0.25) is 0 Å². The molecule has 0 aliphatic carbocycles. The van der Waals surface area contributed by atoms with E-state index in [1.165, 1.54) is 0 Å². The summed E-state index contributed by atoms with van der Waals surface area (Å²) in [5.74, 6) is 1.12. The molecule has 0 radical (unpaired) electrons. The van der Waals surface area contributed by atoms with Gasteiger partial charge >= 0.3 is 6.03 Å². The van der Waals surface area contributed by atoms with E-state index in [0.29, 0.717) is 23.8 Å². The molecule has 0 fully saturated rings. The Morgan fingerprint density at radius 1 is 0.964 bits per heavy atom. The van der Waals surface area contributed by atoms with Gasteiger partial charge in [-0.25, -0.2) is 9.79 Å². The first-order chi connectivity index (χ1) is 13.7. The lowest BCUT2D eigenvalue weighted by Crippen LogP contribution is -2.20. The van der Waals surface area contributed by atoms with Crippen LogP contribution in [0.5, 0.6) is 5.75 Å². The number of ether oxygens (including phenoxy) is 1. The Balaban J connectivity index is 1.47. The summed E-state index contributed by atoms with van der Waals surface area (Å²) in [5.41, 5.74) is 10.00. The minimum absolute atomic E-state index is 0.348. The van der Waals surface area contributed by atoms with Crippen molar-refractivity contribution < 1.29 is 9.53 Å². The van der Waals surface area contributed by atoms with Crippen molar-refractivity contribution in [3.63, 3.8) is 0 Å². The number of benzene rings is 3. The molecule has 4 rings (SSSR count). The maximum absolute atomic E-state index is 12.4. The van der Waals surface area contributed by atoms with Crippen LogP contribution in [0, 0.1) is 0 Å². The summed E-state index contributed by atoms with van der Waals surface area (Å²) in [6.07, 6.45) is 0.856. The summed E-state index contributed by atoms with van der Waals surface area (Å²) >= 11 is 0. The highest BCUT2D eigenvalue weighted by Crippen LogP contribution is 2.33. The number of nitrogens with one attached hydrogen (secondary N) is 2. The average molecular weight is 372 g/mol. The maximum Gasteiger partial charge on any atom is 0.323 e. The van der Waals surface area contributed by atoms with Crippen LogP contribution in [-0.4, -0.2) is 18.5 Å². The molecule has 6 nitrogen and oxygen atoms in total. The standard InChI is InChI=1S/C22H20N4O2/c23-21(24-17-8-2-1-3-9-17)16-7-4-10-18(14-16)25-22(27)26-19-11-5-6-15-12-13-28-20(15)19/h1-11,14H,12-13H2,(H2,23,24)(H2,25,26,27). The highest BCUT2D eigenvalue weighted by atomic mass is 16.5. The molecule has 4 N–H and O–H groups in total. The Labute approximate surface area is 163 Å². The zero-order valence-corrected chi connectivity index (χ0v) is 15.2. The van der Waals surface area contributed by atoms with Crippen molar-refractivity contribution in [1.82, 2.24) is 0 Å². The van der Waals surface area contributed by atoms with Gasteiger partial charge in [0, 0.05) is 17.7 Å². The summed E-state index contributed by atoms with van der Waals surface area (Å²) in [7, 11) is 0. The quantitative estimate of drug-likeness (QED) is 0.471. The van der Waals surface area contributed by atoms with Gasteiger partial charge in [0.25, 0.3) is 0 Å². The van der Waals surface area contributed by atoms with Crippen LogP contribution in [0.3, 0.4) is 0 Å². The number of nitrogens with two attached hydrogens (primary N) is 1. The molecule has 2 amide bonds. The first-order valence-corrected chi connectivity index (χ1v) is 9.01. The Morgan fingerprint density at radius 3 is 2.64 bits per heavy atom. The molecule has 0 atom stereocenters. The van der Waals surface area contributed by atoms with Crippen LogP contribution in [0.25, 0.3) is 0 Å². The van der Waals surface area contributed by atoms with E-state index in [1.54, 1.807) is 12.1 Å². The number of urea groups is 1. The van der Waals surface area contributed by atoms with E-state index in [-0.39, 0.29) is 6.03 Å². The normalized spacial score (nSPS) is 12.8. The Bertz CT molecular complexity index is 1030. The number of hydrogen-bond acceptors (Lipinski definition) is 3. The molecule has 0 bridgehead atoms. The van der Waals surface area contributed by atoms with Crippen LogP contribution >= 0.6 is 0 Å². The second-order valence-electron chi connectivity index (χ2n) is 6.38. The summed E-state index contributed by atoms with van der Waals surface area (Å²) in [6, 6.07) is 22.1. The summed E-state index contributed by atoms with van der Waals surface area (Å²) in [5, 5.41) is 5.67. The summed E-state index contributed by atoms with van der Waals surface area (Å²) < 4.78 is 5.61. The average Bonchev–Trinajstić information content (AvgIpc) is 3.19. The fourth-order valence-electron chi connectivity index (χ4n) is 3.06. The number of amides is 2. The monoisotopic (exact) mass is 372 g/mol. The predicted molar refractivity (Wildman–Crippen MR) is 112 cm³/mol. The predicted octanol–water partition coefficient (Wildman–Crippen LogP) is 4.30. The molecule has 3 aromatic rings. The van der Waals surface area contributed by atoms with Gasteiger partial charge in [0.2, 0.25) is 0 Å². The molecule has 3 aromatic carbocycles. The lowest BCUT2D eigenvalue weighted by molar-refractivity contribution is 0.262. The molecule has 0 saturated carbocycles. The number of aliphatic imine (C=N–C) groups is 1. The first-order valence-electron chi connectivity index (χ1n) is 9.01. The maximum atomic E-state index is 12.4. The van der Waals surface area contributed by atoms with Gasteiger partial charge in [0.1, 0.15) is 11.6 Å². The second kappa shape index (κ2) is 7.84.